The summed E-state index contributed by atoms with van der Waals surface area (Å²) in [7, 11) is 0. The number of ether oxygens (including phenoxy) is 1. The quantitative estimate of drug-likeness (QED) is 0.850. The molecule has 154 valence electrons. The van der Waals surface area contributed by atoms with E-state index < -0.39 is 35.2 Å². The number of rotatable bonds is 4. The maximum absolute atomic E-state index is 13.1. The molecule has 3 unspecified atom stereocenters. The van der Waals surface area contributed by atoms with Crippen LogP contribution in [0.1, 0.15) is 65.9 Å². The first kappa shape index (κ1) is 21.7. The van der Waals surface area contributed by atoms with Crippen molar-refractivity contribution in [2.75, 3.05) is 0 Å². The lowest BCUT2D eigenvalue weighted by atomic mass is 9.72. The van der Waals surface area contributed by atoms with E-state index in [1.165, 1.54) is 6.92 Å². The number of piperidine rings is 1. The molecule has 0 radical (unpaired) electrons. The standard InChI is InChI=1S/C21H30N2O5/c1-7-21(6)16(15-11-9-8-10-12-15)13-17(18(25)23(21)28-14(2)24)22-19(26)27-20(3,4)5/h8-12,16-17H,7,13H2,1-6H3,(H,22,26). The van der Waals surface area contributed by atoms with Crippen LogP contribution in [0.15, 0.2) is 30.3 Å². The zero-order chi connectivity index (χ0) is 21.1. The van der Waals surface area contributed by atoms with E-state index in [9.17, 15) is 14.4 Å². The second-order valence-corrected chi connectivity index (χ2v) is 8.32. The lowest BCUT2D eigenvalue weighted by Gasteiger charge is -2.49. The number of carbonyl (C=O) groups is 3. The van der Waals surface area contributed by atoms with E-state index >= 15 is 0 Å². The predicted octanol–water partition coefficient (Wildman–Crippen LogP) is 3.54. The summed E-state index contributed by atoms with van der Waals surface area (Å²) in [4.78, 5) is 42.4. The molecule has 1 aliphatic rings. The number of carbonyl (C=O) groups excluding carboxylic acids is 3. The third kappa shape index (κ3) is 4.82. The summed E-state index contributed by atoms with van der Waals surface area (Å²) in [5, 5.41) is 3.78. The van der Waals surface area contributed by atoms with Gasteiger partial charge >= 0.3 is 12.1 Å². The third-order valence-electron chi connectivity index (χ3n) is 5.01. The van der Waals surface area contributed by atoms with Crippen molar-refractivity contribution in [3.63, 3.8) is 0 Å². The Hall–Kier alpha value is -2.57. The van der Waals surface area contributed by atoms with Crippen molar-refractivity contribution in [1.82, 2.24) is 10.4 Å². The van der Waals surface area contributed by atoms with Gasteiger partial charge in [0.05, 0.1) is 5.54 Å². The van der Waals surface area contributed by atoms with Crippen LogP contribution in [0.4, 0.5) is 4.79 Å². The van der Waals surface area contributed by atoms with Gasteiger partial charge in [-0.25, -0.2) is 4.79 Å². The van der Waals surface area contributed by atoms with Crippen molar-refractivity contribution < 1.29 is 24.0 Å². The van der Waals surface area contributed by atoms with Crippen LogP contribution < -0.4 is 5.32 Å². The molecule has 1 N–H and O–H groups in total. The second kappa shape index (κ2) is 8.20. The van der Waals surface area contributed by atoms with Crippen LogP contribution in [0.3, 0.4) is 0 Å². The van der Waals surface area contributed by atoms with Crippen LogP contribution in [0, 0.1) is 0 Å². The highest BCUT2D eigenvalue weighted by Crippen LogP contribution is 2.43. The van der Waals surface area contributed by atoms with E-state index in [1.54, 1.807) is 20.8 Å². The molecule has 1 heterocycles. The average Bonchev–Trinajstić information content (AvgIpc) is 2.60. The normalized spacial score (nSPS) is 25.2. The minimum atomic E-state index is -0.862. The summed E-state index contributed by atoms with van der Waals surface area (Å²) in [6, 6.07) is 8.86. The van der Waals surface area contributed by atoms with Crippen molar-refractivity contribution in [2.24, 2.45) is 0 Å². The number of benzene rings is 1. The molecule has 0 aromatic heterocycles. The molecule has 1 saturated heterocycles. The minimum absolute atomic E-state index is 0.143. The van der Waals surface area contributed by atoms with Gasteiger partial charge < -0.3 is 14.9 Å². The van der Waals surface area contributed by atoms with E-state index in [0.29, 0.717) is 12.8 Å². The topological polar surface area (TPSA) is 84.9 Å². The highest BCUT2D eigenvalue weighted by molar-refractivity contribution is 5.87. The fourth-order valence-electron chi connectivity index (χ4n) is 3.54. The van der Waals surface area contributed by atoms with Gasteiger partial charge in [-0.15, -0.1) is 0 Å². The van der Waals surface area contributed by atoms with Gasteiger partial charge in [0, 0.05) is 12.8 Å². The lowest BCUT2D eigenvalue weighted by molar-refractivity contribution is -0.231. The van der Waals surface area contributed by atoms with E-state index in [1.807, 2.05) is 44.2 Å². The molecule has 0 spiro atoms. The Labute approximate surface area is 166 Å². The molecule has 0 saturated carbocycles. The summed E-state index contributed by atoms with van der Waals surface area (Å²) in [6.45, 7) is 10.4. The molecule has 1 aromatic carbocycles. The van der Waals surface area contributed by atoms with Gasteiger partial charge in [-0.3, -0.25) is 9.59 Å². The summed E-state index contributed by atoms with van der Waals surface area (Å²) in [5.41, 5.74) is -0.419. The van der Waals surface area contributed by atoms with Gasteiger partial charge in [-0.05, 0) is 46.1 Å². The van der Waals surface area contributed by atoms with Crippen LogP contribution in [0.2, 0.25) is 0 Å². The van der Waals surface area contributed by atoms with Gasteiger partial charge in [0.25, 0.3) is 5.91 Å². The SMILES string of the molecule is CCC1(C)C(c2ccccc2)CC(NC(=O)OC(C)(C)C)C(=O)N1OC(C)=O. The molecule has 7 nitrogen and oxygen atoms in total. The Morgan fingerprint density at radius 1 is 1.25 bits per heavy atom. The first-order valence-corrected chi connectivity index (χ1v) is 9.55. The molecular formula is C21H30N2O5. The van der Waals surface area contributed by atoms with Crippen molar-refractivity contribution >= 4 is 18.0 Å². The fraction of sp³-hybridized carbons (Fsp3) is 0.571. The van der Waals surface area contributed by atoms with Gasteiger partial charge in [0.1, 0.15) is 11.6 Å². The van der Waals surface area contributed by atoms with Crippen molar-refractivity contribution in [3.05, 3.63) is 35.9 Å². The summed E-state index contributed by atoms with van der Waals surface area (Å²) in [5.74, 6) is -1.19. The smallest absolute Gasteiger partial charge is 0.408 e. The van der Waals surface area contributed by atoms with Crippen molar-refractivity contribution in [2.45, 2.75) is 77.5 Å². The van der Waals surface area contributed by atoms with Crippen LogP contribution in [-0.4, -0.2) is 40.2 Å². The Morgan fingerprint density at radius 2 is 1.86 bits per heavy atom. The number of alkyl carbamates (subject to hydrolysis) is 1. The molecule has 1 aliphatic heterocycles. The number of nitrogens with one attached hydrogen (secondary N) is 1. The second-order valence-electron chi connectivity index (χ2n) is 8.32. The van der Waals surface area contributed by atoms with Crippen LogP contribution >= 0.6 is 0 Å². The largest absolute Gasteiger partial charge is 0.444 e. The summed E-state index contributed by atoms with van der Waals surface area (Å²) >= 11 is 0. The Kier molecular flexibility index (Phi) is 6.37. The van der Waals surface area contributed by atoms with Crippen molar-refractivity contribution in [3.8, 4) is 0 Å². The summed E-state index contributed by atoms with van der Waals surface area (Å²) < 4.78 is 5.30. The Bertz CT molecular complexity index is 728. The minimum Gasteiger partial charge on any atom is -0.444 e. The fourth-order valence-corrected chi connectivity index (χ4v) is 3.54. The molecule has 1 fully saturated rings. The molecular weight excluding hydrogens is 360 g/mol. The summed E-state index contributed by atoms with van der Waals surface area (Å²) in [6.07, 6.45) is 0.273. The number of amides is 2. The Morgan fingerprint density at radius 3 is 2.36 bits per heavy atom. The number of hydrogen-bond acceptors (Lipinski definition) is 5. The van der Waals surface area contributed by atoms with E-state index in [-0.39, 0.29) is 5.92 Å². The molecule has 28 heavy (non-hydrogen) atoms. The maximum atomic E-state index is 13.1. The van der Waals surface area contributed by atoms with Gasteiger partial charge in [-0.2, -0.15) is 5.06 Å². The first-order chi connectivity index (χ1) is 13.0. The number of nitrogens with zero attached hydrogens (tertiary/aromatic N) is 1. The third-order valence-corrected chi connectivity index (χ3v) is 5.01. The van der Waals surface area contributed by atoms with E-state index in [0.717, 1.165) is 10.6 Å². The van der Waals surface area contributed by atoms with E-state index in [2.05, 4.69) is 5.32 Å². The molecule has 0 aliphatic carbocycles. The monoisotopic (exact) mass is 390 g/mol. The molecule has 1 aromatic rings. The molecule has 2 rings (SSSR count). The van der Waals surface area contributed by atoms with Crippen LogP contribution in [0.5, 0.6) is 0 Å². The molecule has 0 bridgehead atoms. The van der Waals surface area contributed by atoms with Gasteiger partial charge in [0.2, 0.25) is 0 Å². The Balaban J connectivity index is 2.39. The molecule has 7 heteroatoms. The molecule has 3 atom stereocenters. The lowest BCUT2D eigenvalue weighted by Crippen LogP contribution is -2.64. The zero-order valence-corrected chi connectivity index (χ0v) is 17.4. The maximum Gasteiger partial charge on any atom is 0.408 e. The van der Waals surface area contributed by atoms with Crippen molar-refractivity contribution in [1.29, 1.82) is 0 Å². The van der Waals surface area contributed by atoms with Crippen LogP contribution in [-0.2, 0) is 19.2 Å². The molecule has 2 amide bonds. The number of hydroxylamine groups is 2. The van der Waals surface area contributed by atoms with Gasteiger partial charge in [-0.1, -0.05) is 37.3 Å². The van der Waals surface area contributed by atoms with Crippen LogP contribution in [0.25, 0.3) is 0 Å². The van der Waals surface area contributed by atoms with E-state index in [4.69, 9.17) is 9.57 Å². The highest BCUT2D eigenvalue weighted by atomic mass is 16.7. The highest BCUT2D eigenvalue weighted by Gasteiger charge is 2.52. The first-order valence-electron chi connectivity index (χ1n) is 9.55. The number of hydrogen-bond donors (Lipinski definition) is 1. The predicted molar refractivity (Wildman–Crippen MR) is 104 cm³/mol. The van der Waals surface area contributed by atoms with Gasteiger partial charge in [0.15, 0.2) is 0 Å². The average molecular weight is 390 g/mol. The zero-order valence-electron chi connectivity index (χ0n) is 17.4.